The van der Waals surface area contributed by atoms with Crippen molar-refractivity contribution in [2.75, 3.05) is 20.3 Å². The monoisotopic (exact) mass is 505 g/mol. The molecule has 3 aromatic rings. The van der Waals surface area contributed by atoms with Gasteiger partial charge in [-0.05, 0) is 24.3 Å². The van der Waals surface area contributed by atoms with Gasteiger partial charge in [-0.15, -0.1) is 0 Å². The molecule has 0 radical (unpaired) electrons. The second-order valence-electron chi connectivity index (χ2n) is 7.39. The van der Waals surface area contributed by atoms with E-state index >= 15 is 0 Å². The molecule has 36 heavy (non-hydrogen) atoms. The van der Waals surface area contributed by atoms with Crippen molar-refractivity contribution in [3.63, 3.8) is 0 Å². The minimum absolute atomic E-state index is 0.0156. The van der Waals surface area contributed by atoms with Crippen molar-refractivity contribution in [3.05, 3.63) is 64.9 Å². The summed E-state index contributed by atoms with van der Waals surface area (Å²) in [6.07, 6.45) is -1.54. The highest BCUT2D eigenvalue weighted by molar-refractivity contribution is 6.00. The second kappa shape index (κ2) is 11.1. The van der Waals surface area contributed by atoms with E-state index in [2.05, 4.69) is 10.1 Å². The molecule has 0 spiro atoms. The summed E-state index contributed by atoms with van der Waals surface area (Å²) in [6, 6.07) is 6.95. The van der Waals surface area contributed by atoms with Gasteiger partial charge in [0.25, 0.3) is 5.91 Å². The molecule has 0 aliphatic carbocycles. The summed E-state index contributed by atoms with van der Waals surface area (Å²) in [7, 11) is 1.22. The van der Waals surface area contributed by atoms with E-state index in [1.807, 2.05) is 19.9 Å². The molecule has 0 saturated carbocycles. The number of carbonyl (C=O) groups is 1. The average Bonchev–Trinajstić information content (AvgIpc) is 3.31. The molecule has 0 bridgehead atoms. The molecule has 1 amide bonds. The van der Waals surface area contributed by atoms with Gasteiger partial charge in [-0.2, -0.15) is 23.5 Å². The number of benzene rings is 1. The Kier molecular flexibility index (Phi) is 8.14. The maximum Gasteiger partial charge on any atom is 0.422 e. The number of aromatic nitrogens is 3. The van der Waals surface area contributed by atoms with Crippen LogP contribution >= 0.6 is 0 Å². The van der Waals surface area contributed by atoms with Crippen LogP contribution in [0, 0.1) is 17.1 Å². The standard InChI is InChI=1S/C22H17F4N5O3.C2H6/c1-33-20-13(8-27)2-4-17(34-12-22(24,25)26)19(20)21(32)30-7-6-16-14(10-30)11-31(29-16)18-5-3-15(23)9-28-18;1-2/h2-5,9,11H,6-7,10,12H2,1H3;1-2H3. The van der Waals surface area contributed by atoms with Gasteiger partial charge in [0.15, 0.2) is 18.2 Å². The van der Waals surface area contributed by atoms with E-state index in [1.54, 1.807) is 6.20 Å². The van der Waals surface area contributed by atoms with E-state index in [9.17, 15) is 27.6 Å². The molecule has 1 aromatic carbocycles. The van der Waals surface area contributed by atoms with Crippen LogP contribution in [0.4, 0.5) is 17.6 Å². The number of nitriles is 1. The molecule has 8 nitrogen and oxygen atoms in total. The van der Waals surface area contributed by atoms with Crippen LogP contribution in [0.5, 0.6) is 11.5 Å². The summed E-state index contributed by atoms with van der Waals surface area (Å²) in [5.74, 6) is -1.25. The van der Waals surface area contributed by atoms with Gasteiger partial charge in [-0.25, -0.2) is 14.1 Å². The molecule has 0 saturated heterocycles. The van der Waals surface area contributed by atoms with E-state index < -0.39 is 24.5 Å². The Balaban J connectivity index is 0.00000176. The van der Waals surface area contributed by atoms with Crippen molar-refractivity contribution in [2.24, 2.45) is 0 Å². The van der Waals surface area contributed by atoms with Crippen LogP contribution in [0.2, 0.25) is 0 Å². The third-order valence-electron chi connectivity index (χ3n) is 5.14. The Hall–Kier alpha value is -4.14. The van der Waals surface area contributed by atoms with E-state index in [0.717, 1.165) is 12.3 Å². The SMILES string of the molecule is CC.COc1c(C#N)ccc(OCC(F)(F)F)c1C(=O)N1CCc2nn(-c3ccc(F)cn3)cc2C1. The zero-order valence-corrected chi connectivity index (χ0v) is 19.8. The van der Waals surface area contributed by atoms with Gasteiger partial charge in [0.1, 0.15) is 23.2 Å². The topological polar surface area (TPSA) is 93.3 Å². The lowest BCUT2D eigenvalue weighted by Crippen LogP contribution is -2.36. The Morgan fingerprint density at radius 2 is 1.97 bits per heavy atom. The average molecular weight is 505 g/mol. The molecule has 1 aliphatic heterocycles. The van der Waals surface area contributed by atoms with E-state index in [0.29, 0.717) is 23.5 Å². The van der Waals surface area contributed by atoms with Crippen LogP contribution in [0.1, 0.15) is 41.0 Å². The number of fused-ring (bicyclic) bond motifs is 1. The van der Waals surface area contributed by atoms with Gasteiger partial charge in [0.05, 0.1) is 24.6 Å². The van der Waals surface area contributed by atoms with Gasteiger partial charge in [0.2, 0.25) is 0 Å². The first kappa shape index (κ1) is 26.5. The molecule has 0 atom stereocenters. The fourth-order valence-electron chi connectivity index (χ4n) is 3.61. The van der Waals surface area contributed by atoms with Gasteiger partial charge in [0, 0.05) is 31.3 Å². The third kappa shape index (κ3) is 5.73. The molecule has 190 valence electrons. The number of methoxy groups -OCH3 is 1. The maximum atomic E-state index is 13.4. The predicted octanol–water partition coefficient (Wildman–Crippen LogP) is 4.45. The molecular formula is C24H23F4N5O3. The van der Waals surface area contributed by atoms with Crippen molar-refractivity contribution in [1.29, 1.82) is 5.26 Å². The first-order chi connectivity index (χ1) is 17.2. The van der Waals surface area contributed by atoms with Gasteiger partial charge in [-0.1, -0.05) is 13.8 Å². The Bertz CT molecular complexity index is 1270. The predicted molar refractivity (Wildman–Crippen MR) is 120 cm³/mol. The highest BCUT2D eigenvalue weighted by Crippen LogP contribution is 2.35. The van der Waals surface area contributed by atoms with Crippen LogP contribution in [0.3, 0.4) is 0 Å². The van der Waals surface area contributed by atoms with Crippen LogP contribution in [0.25, 0.3) is 5.82 Å². The number of pyridine rings is 1. The summed E-state index contributed by atoms with van der Waals surface area (Å²) in [4.78, 5) is 18.8. The Labute approximate surface area is 204 Å². The minimum atomic E-state index is -4.62. The van der Waals surface area contributed by atoms with Crippen molar-refractivity contribution in [3.8, 4) is 23.4 Å². The Morgan fingerprint density at radius 3 is 2.58 bits per heavy atom. The lowest BCUT2D eigenvalue weighted by atomic mass is 10.0. The molecule has 12 heteroatoms. The molecule has 0 unspecified atom stereocenters. The number of halogens is 4. The molecule has 4 rings (SSSR count). The highest BCUT2D eigenvalue weighted by atomic mass is 19.4. The molecule has 0 N–H and O–H groups in total. The first-order valence-electron chi connectivity index (χ1n) is 11.0. The third-order valence-corrected chi connectivity index (χ3v) is 5.14. The summed E-state index contributed by atoms with van der Waals surface area (Å²) in [5.41, 5.74) is 1.13. The van der Waals surface area contributed by atoms with E-state index in [4.69, 9.17) is 9.47 Å². The Morgan fingerprint density at radius 1 is 1.22 bits per heavy atom. The first-order valence-corrected chi connectivity index (χ1v) is 11.0. The summed E-state index contributed by atoms with van der Waals surface area (Å²) in [5, 5.41) is 13.8. The summed E-state index contributed by atoms with van der Waals surface area (Å²) >= 11 is 0. The normalized spacial score (nSPS) is 12.7. The molecular weight excluding hydrogens is 482 g/mol. The zero-order chi connectivity index (χ0) is 26.5. The molecule has 3 heterocycles. The van der Waals surface area contributed by atoms with Crippen LogP contribution < -0.4 is 9.47 Å². The number of hydrogen-bond donors (Lipinski definition) is 0. The summed E-state index contributed by atoms with van der Waals surface area (Å²) < 4.78 is 63.0. The largest absolute Gasteiger partial charge is 0.494 e. The number of rotatable bonds is 5. The second-order valence-corrected chi connectivity index (χ2v) is 7.39. The van der Waals surface area contributed by atoms with Crippen LogP contribution in [-0.4, -0.2) is 52.0 Å². The molecule has 1 aliphatic rings. The number of amides is 1. The number of alkyl halides is 3. The van der Waals surface area contributed by atoms with Gasteiger partial charge >= 0.3 is 6.18 Å². The van der Waals surface area contributed by atoms with E-state index in [1.165, 1.54) is 34.9 Å². The van der Waals surface area contributed by atoms with Crippen molar-refractivity contribution in [1.82, 2.24) is 19.7 Å². The highest BCUT2D eigenvalue weighted by Gasteiger charge is 2.33. The quantitative estimate of drug-likeness (QED) is 0.476. The fourth-order valence-corrected chi connectivity index (χ4v) is 3.61. The molecule has 2 aromatic heterocycles. The van der Waals surface area contributed by atoms with Crippen molar-refractivity contribution < 1.29 is 31.8 Å². The summed E-state index contributed by atoms with van der Waals surface area (Å²) in [6.45, 7) is 2.72. The fraction of sp³-hybridized carbons (Fsp3) is 0.333. The zero-order valence-electron chi connectivity index (χ0n) is 19.8. The smallest absolute Gasteiger partial charge is 0.422 e. The molecule has 0 fully saturated rings. The number of carbonyl (C=O) groups excluding carboxylic acids is 1. The minimum Gasteiger partial charge on any atom is -0.494 e. The van der Waals surface area contributed by atoms with Crippen molar-refractivity contribution >= 4 is 5.91 Å². The van der Waals surface area contributed by atoms with Crippen molar-refractivity contribution in [2.45, 2.75) is 33.0 Å². The van der Waals surface area contributed by atoms with Crippen LogP contribution in [-0.2, 0) is 13.0 Å². The number of hydrogen-bond acceptors (Lipinski definition) is 6. The lowest BCUT2D eigenvalue weighted by Gasteiger charge is -2.28. The van der Waals surface area contributed by atoms with Gasteiger partial charge < -0.3 is 14.4 Å². The maximum absolute atomic E-state index is 13.4. The van der Waals surface area contributed by atoms with Crippen LogP contribution in [0.15, 0.2) is 36.7 Å². The number of nitrogens with zero attached hydrogens (tertiary/aromatic N) is 5. The van der Waals surface area contributed by atoms with E-state index in [-0.39, 0.29) is 35.7 Å². The van der Waals surface area contributed by atoms with Gasteiger partial charge in [-0.3, -0.25) is 4.79 Å². The lowest BCUT2D eigenvalue weighted by molar-refractivity contribution is -0.153. The number of ether oxygens (including phenoxy) is 2.